The number of anilines is 1. The van der Waals surface area contributed by atoms with E-state index >= 15 is 0 Å². The molecule has 0 radical (unpaired) electrons. The first-order chi connectivity index (χ1) is 16.5. The van der Waals surface area contributed by atoms with E-state index in [0.717, 1.165) is 36.8 Å². The second-order valence-electron chi connectivity index (χ2n) is 8.38. The number of benzene rings is 1. The third kappa shape index (κ3) is 5.51. The molecule has 1 fully saturated rings. The molecule has 2 N–H and O–H groups in total. The van der Waals surface area contributed by atoms with Crippen LogP contribution in [0.3, 0.4) is 0 Å². The van der Waals surface area contributed by atoms with Crippen molar-refractivity contribution in [2.24, 2.45) is 0 Å². The Morgan fingerprint density at radius 3 is 2.56 bits per heavy atom. The van der Waals surface area contributed by atoms with E-state index in [1.165, 1.54) is 16.2 Å². The Labute approximate surface area is 203 Å². The zero-order valence-electron chi connectivity index (χ0n) is 19.1. The number of hydrogen-bond donors (Lipinski definition) is 2. The molecule has 0 saturated heterocycles. The lowest BCUT2D eigenvalue weighted by Gasteiger charge is -2.33. The molecule has 3 amide bonds. The van der Waals surface area contributed by atoms with Crippen molar-refractivity contribution in [3.63, 3.8) is 0 Å². The summed E-state index contributed by atoms with van der Waals surface area (Å²) < 4.78 is 0. The Kier molecular flexibility index (Phi) is 7.69. The molecule has 2 heterocycles. The van der Waals surface area contributed by atoms with Gasteiger partial charge in [-0.05, 0) is 54.5 Å². The second kappa shape index (κ2) is 11.1. The van der Waals surface area contributed by atoms with Crippen LogP contribution in [0.4, 0.5) is 5.69 Å². The van der Waals surface area contributed by atoms with E-state index in [-0.39, 0.29) is 24.4 Å². The van der Waals surface area contributed by atoms with Crippen LogP contribution in [-0.2, 0) is 9.59 Å². The average molecular weight is 477 g/mol. The van der Waals surface area contributed by atoms with E-state index in [1.54, 1.807) is 42.0 Å². The van der Waals surface area contributed by atoms with Gasteiger partial charge in [-0.3, -0.25) is 24.3 Å². The molecular formula is C26H28N4O3S. The predicted octanol–water partition coefficient (Wildman–Crippen LogP) is 4.01. The second-order valence-corrected chi connectivity index (χ2v) is 9.33. The maximum atomic E-state index is 13.7. The predicted molar refractivity (Wildman–Crippen MR) is 133 cm³/mol. The van der Waals surface area contributed by atoms with Crippen LogP contribution in [0, 0.1) is 6.92 Å². The quantitative estimate of drug-likeness (QED) is 0.514. The molecule has 1 atom stereocenters. The highest BCUT2D eigenvalue weighted by atomic mass is 32.1. The van der Waals surface area contributed by atoms with Gasteiger partial charge in [0, 0.05) is 12.2 Å². The van der Waals surface area contributed by atoms with Crippen molar-refractivity contribution < 1.29 is 14.4 Å². The summed E-state index contributed by atoms with van der Waals surface area (Å²) in [7, 11) is 0. The van der Waals surface area contributed by atoms with Gasteiger partial charge in [-0.15, -0.1) is 11.3 Å². The van der Waals surface area contributed by atoms with E-state index in [9.17, 15) is 14.4 Å². The van der Waals surface area contributed by atoms with Crippen LogP contribution in [0.15, 0.2) is 66.3 Å². The summed E-state index contributed by atoms with van der Waals surface area (Å²) in [4.78, 5) is 45.9. The molecule has 3 aromatic rings. The molecule has 1 aliphatic carbocycles. The Morgan fingerprint density at radius 2 is 1.88 bits per heavy atom. The highest BCUT2D eigenvalue weighted by Crippen LogP contribution is 2.30. The molecule has 4 rings (SSSR count). The van der Waals surface area contributed by atoms with Gasteiger partial charge in [0.05, 0.1) is 23.3 Å². The lowest BCUT2D eigenvalue weighted by Crippen LogP contribution is -2.49. The van der Waals surface area contributed by atoms with Gasteiger partial charge < -0.3 is 10.6 Å². The van der Waals surface area contributed by atoms with Crippen molar-refractivity contribution in [2.45, 2.75) is 44.7 Å². The molecule has 1 aromatic carbocycles. The van der Waals surface area contributed by atoms with Crippen molar-refractivity contribution in [3.8, 4) is 0 Å². The number of nitrogens with zero attached hydrogens (tertiary/aromatic N) is 2. The number of nitrogens with one attached hydrogen (secondary N) is 2. The number of aromatic nitrogens is 1. The summed E-state index contributed by atoms with van der Waals surface area (Å²) in [6.45, 7) is 1.68. The number of pyridine rings is 1. The maximum absolute atomic E-state index is 13.7. The largest absolute Gasteiger partial charge is 0.351 e. The topological polar surface area (TPSA) is 91.4 Å². The van der Waals surface area contributed by atoms with Gasteiger partial charge in [0.15, 0.2) is 0 Å². The first-order valence-electron chi connectivity index (χ1n) is 11.4. The average Bonchev–Trinajstić information content (AvgIpc) is 3.56. The third-order valence-corrected chi connectivity index (χ3v) is 6.90. The Balaban J connectivity index is 1.67. The molecule has 8 heteroatoms. The molecule has 176 valence electrons. The first-order valence-corrected chi connectivity index (χ1v) is 12.3. The lowest BCUT2D eigenvalue weighted by atomic mass is 9.98. The van der Waals surface area contributed by atoms with Gasteiger partial charge in [-0.2, -0.15) is 0 Å². The van der Waals surface area contributed by atoms with Crippen LogP contribution in [-0.4, -0.2) is 35.3 Å². The fraction of sp³-hybridized carbons (Fsp3) is 0.308. The first kappa shape index (κ1) is 23.6. The van der Waals surface area contributed by atoms with Crippen molar-refractivity contribution in [2.75, 3.05) is 11.4 Å². The van der Waals surface area contributed by atoms with Crippen molar-refractivity contribution in [1.82, 2.24) is 15.6 Å². The minimum Gasteiger partial charge on any atom is -0.351 e. The van der Waals surface area contributed by atoms with E-state index in [0.29, 0.717) is 10.6 Å². The van der Waals surface area contributed by atoms with Crippen LogP contribution in [0.1, 0.15) is 52.5 Å². The van der Waals surface area contributed by atoms with Gasteiger partial charge in [0.2, 0.25) is 11.8 Å². The van der Waals surface area contributed by atoms with E-state index in [1.807, 2.05) is 31.2 Å². The van der Waals surface area contributed by atoms with Gasteiger partial charge in [0.25, 0.3) is 5.91 Å². The standard InChI is InChI=1S/C26H28N4O3S/c1-18-8-2-5-12-21(18)24(26(33)29-19-9-3-4-10-19)30(20-11-6-14-27-16-20)23(31)17-28-25(32)22-13-7-15-34-22/h2,5-8,11-16,19,24H,3-4,9-10,17H2,1H3,(H,28,32)(H,29,33)/t24-/m1/s1. The molecule has 0 unspecified atom stereocenters. The zero-order valence-corrected chi connectivity index (χ0v) is 19.9. The lowest BCUT2D eigenvalue weighted by molar-refractivity contribution is -0.126. The van der Waals surface area contributed by atoms with Gasteiger partial charge in [-0.25, -0.2) is 0 Å². The zero-order chi connectivity index (χ0) is 23.9. The van der Waals surface area contributed by atoms with Crippen LogP contribution < -0.4 is 15.5 Å². The van der Waals surface area contributed by atoms with E-state index in [2.05, 4.69) is 15.6 Å². The van der Waals surface area contributed by atoms with Crippen molar-refractivity contribution in [1.29, 1.82) is 0 Å². The van der Waals surface area contributed by atoms with Gasteiger partial charge >= 0.3 is 0 Å². The van der Waals surface area contributed by atoms with E-state index in [4.69, 9.17) is 0 Å². The number of carbonyl (C=O) groups is 3. The van der Waals surface area contributed by atoms with Crippen LogP contribution >= 0.6 is 11.3 Å². The Morgan fingerprint density at radius 1 is 1.09 bits per heavy atom. The molecular weight excluding hydrogens is 448 g/mol. The smallest absolute Gasteiger partial charge is 0.261 e. The summed E-state index contributed by atoms with van der Waals surface area (Å²) in [6.07, 6.45) is 7.22. The molecule has 0 bridgehead atoms. The molecule has 2 aromatic heterocycles. The van der Waals surface area contributed by atoms with Crippen LogP contribution in [0.2, 0.25) is 0 Å². The third-order valence-electron chi connectivity index (χ3n) is 6.03. The molecule has 0 aliphatic heterocycles. The number of rotatable bonds is 8. The minimum atomic E-state index is -0.892. The fourth-order valence-corrected chi connectivity index (χ4v) is 4.95. The summed E-state index contributed by atoms with van der Waals surface area (Å²) in [6, 6.07) is 13.7. The SMILES string of the molecule is Cc1ccccc1[C@H](C(=O)NC1CCCC1)N(C(=O)CNC(=O)c1cccs1)c1cccnc1. The number of hydrogen-bond acceptors (Lipinski definition) is 5. The number of thiophene rings is 1. The summed E-state index contributed by atoms with van der Waals surface area (Å²) in [5.74, 6) is -0.951. The maximum Gasteiger partial charge on any atom is 0.261 e. The molecule has 7 nitrogen and oxygen atoms in total. The van der Waals surface area contributed by atoms with E-state index < -0.39 is 11.9 Å². The summed E-state index contributed by atoms with van der Waals surface area (Å²) in [5, 5.41) is 7.66. The Bertz CT molecular complexity index is 1130. The highest BCUT2D eigenvalue weighted by molar-refractivity contribution is 7.12. The summed E-state index contributed by atoms with van der Waals surface area (Å²) >= 11 is 1.30. The van der Waals surface area contributed by atoms with Crippen LogP contribution in [0.25, 0.3) is 0 Å². The number of aryl methyl sites for hydroxylation is 1. The Hall–Kier alpha value is -3.52. The number of carbonyl (C=O) groups excluding carboxylic acids is 3. The molecule has 34 heavy (non-hydrogen) atoms. The fourth-order valence-electron chi connectivity index (χ4n) is 4.31. The molecule has 0 spiro atoms. The monoisotopic (exact) mass is 476 g/mol. The van der Waals surface area contributed by atoms with Gasteiger partial charge in [-0.1, -0.05) is 43.2 Å². The minimum absolute atomic E-state index is 0.100. The molecule has 1 saturated carbocycles. The molecule has 1 aliphatic rings. The van der Waals surface area contributed by atoms with Crippen molar-refractivity contribution in [3.05, 3.63) is 82.3 Å². The highest BCUT2D eigenvalue weighted by Gasteiger charge is 2.35. The van der Waals surface area contributed by atoms with Crippen molar-refractivity contribution >= 4 is 34.7 Å². The normalized spacial score (nSPS) is 14.4. The number of amides is 3. The van der Waals surface area contributed by atoms with Gasteiger partial charge in [0.1, 0.15) is 6.04 Å². The van der Waals surface area contributed by atoms with Crippen LogP contribution in [0.5, 0.6) is 0 Å². The summed E-state index contributed by atoms with van der Waals surface area (Å²) in [5.41, 5.74) is 2.13.